The fourth-order valence-electron chi connectivity index (χ4n) is 3.23. The quantitative estimate of drug-likeness (QED) is 0.637. The van der Waals surface area contributed by atoms with Crippen LogP contribution in [0.15, 0.2) is 75.3 Å². The molecule has 6 nitrogen and oxygen atoms in total. The molecule has 0 saturated heterocycles. The number of hydrogen-bond acceptors (Lipinski definition) is 5. The maximum absolute atomic E-state index is 13.3. The van der Waals surface area contributed by atoms with Gasteiger partial charge in [-0.15, -0.1) is 0 Å². The number of para-hydroxylation sites is 1. The van der Waals surface area contributed by atoms with Gasteiger partial charge in [-0.2, -0.15) is 0 Å². The van der Waals surface area contributed by atoms with Gasteiger partial charge in [-0.3, -0.25) is 4.79 Å². The van der Waals surface area contributed by atoms with Crippen LogP contribution >= 0.6 is 0 Å². The predicted octanol–water partition coefficient (Wildman–Crippen LogP) is 3.06. The summed E-state index contributed by atoms with van der Waals surface area (Å²) in [4.78, 5) is 27.1. The molecule has 2 heterocycles. The van der Waals surface area contributed by atoms with Crippen molar-refractivity contribution in [2.24, 2.45) is 0 Å². The first-order valence-corrected chi connectivity index (χ1v) is 10.4. The summed E-state index contributed by atoms with van der Waals surface area (Å²) < 4.78 is 29.1. The van der Waals surface area contributed by atoms with E-state index in [1.807, 2.05) is 19.1 Å². The van der Waals surface area contributed by atoms with Crippen LogP contribution in [-0.4, -0.2) is 26.1 Å². The molecule has 7 heteroatoms. The molecule has 142 valence electrons. The zero-order valence-corrected chi connectivity index (χ0v) is 15.8. The van der Waals surface area contributed by atoms with Gasteiger partial charge in [-0.05, 0) is 37.3 Å². The van der Waals surface area contributed by atoms with Gasteiger partial charge >= 0.3 is 5.63 Å². The molecule has 1 aliphatic rings. The number of amides is 1. The second kappa shape index (κ2) is 6.76. The minimum absolute atomic E-state index is 0.142. The molecular formula is C21H17NO5S. The number of carbonyl (C=O) groups is 1. The SMILES string of the molecule is Cc1ccc(N(C(=O)c2cc3ccccc3oc2=O)[C@@H]2C=CS(=O)(=O)C2)cc1. The number of nitrogens with zero attached hydrogens (tertiary/aromatic N) is 1. The van der Waals surface area contributed by atoms with Gasteiger partial charge in [0.15, 0.2) is 9.84 Å². The van der Waals surface area contributed by atoms with Gasteiger partial charge in [0, 0.05) is 16.5 Å². The highest BCUT2D eigenvalue weighted by atomic mass is 32.2. The molecule has 1 aromatic heterocycles. The number of benzene rings is 2. The summed E-state index contributed by atoms with van der Waals surface area (Å²) in [5.74, 6) is -0.832. The van der Waals surface area contributed by atoms with E-state index >= 15 is 0 Å². The molecule has 3 aromatic rings. The Kier molecular flexibility index (Phi) is 4.39. The average Bonchev–Trinajstić information content (AvgIpc) is 3.02. The van der Waals surface area contributed by atoms with Crippen molar-refractivity contribution < 1.29 is 17.6 Å². The Morgan fingerprint density at radius 1 is 1.11 bits per heavy atom. The average molecular weight is 395 g/mol. The van der Waals surface area contributed by atoms with Crippen LogP contribution in [0.1, 0.15) is 15.9 Å². The maximum atomic E-state index is 13.3. The van der Waals surface area contributed by atoms with Crippen LogP contribution in [-0.2, 0) is 9.84 Å². The van der Waals surface area contributed by atoms with Crippen molar-refractivity contribution in [1.82, 2.24) is 0 Å². The molecule has 1 atom stereocenters. The number of hydrogen-bond donors (Lipinski definition) is 0. The highest BCUT2D eigenvalue weighted by molar-refractivity contribution is 7.94. The Hall–Kier alpha value is -3.19. The molecule has 1 aliphatic heterocycles. The lowest BCUT2D eigenvalue weighted by Gasteiger charge is -2.27. The molecule has 0 saturated carbocycles. The summed E-state index contributed by atoms with van der Waals surface area (Å²) in [5, 5.41) is 1.72. The third-order valence-electron chi connectivity index (χ3n) is 4.65. The van der Waals surface area contributed by atoms with E-state index in [1.54, 1.807) is 36.4 Å². The van der Waals surface area contributed by atoms with Gasteiger partial charge in [0.05, 0.1) is 11.8 Å². The van der Waals surface area contributed by atoms with Crippen LogP contribution in [0.25, 0.3) is 11.0 Å². The molecule has 0 fully saturated rings. The second-order valence-corrected chi connectivity index (χ2v) is 8.65. The summed E-state index contributed by atoms with van der Waals surface area (Å²) in [5.41, 5.74) is 0.989. The summed E-state index contributed by atoms with van der Waals surface area (Å²) in [6, 6.07) is 14.8. The first kappa shape index (κ1) is 18.2. The van der Waals surface area contributed by atoms with E-state index in [4.69, 9.17) is 4.42 Å². The van der Waals surface area contributed by atoms with E-state index in [0.29, 0.717) is 16.7 Å². The zero-order chi connectivity index (χ0) is 19.9. The largest absolute Gasteiger partial charge is 0.422 e. The van der Waals surface area contributed by atoms with Crippen LogP contribution in [0.4, 0.5) is 5.69 Å². The van der Waals surface area contributed by atoms with Gasteiger partial charge in [0.2, 0.25) is 0 Å². The van der Waals surface area contributed by atoms with E-state index in [2.05, 4.69) is 0 Å². The Labute approximate surface area is 161 Å². The van der Waals surface area contributed by atoms with Crippen molar-refractivity contribution in [3.8, 4) is 0 Å². The van der Waals surface area contributed by atoms with Gasteiger partial charge in [-0.25, -0.2) is 13.2 Å². The van der Waals surface area contributed by atoms with Crippen molar-refractivity contribution in [3.05, 3.63) is 87.6 Å². The van der Waals surface area contributed by atoms with E-state index < -0.39 is 27.4 Å². The van der Waals surface area contributed by atoms with Crippen molar-refractivity contribution in [2.75, 3.05) is 10.7 Å². The maximum Gasteiger partial charge on any atom is 0.349 e. The zero-order valence-electron chi connectivity index (χ0n) is 15.0. The molecule has 0 N–H and O–H groups in total. The number of anilines is 1. The lowest BCUT2D eigenvalue weighted by Crippen LogP contribution is -2.42. The Morgan fingerprint density at radius 3 is 2.50 bits per heavy atom. The number of sulfone groups is 1. The molecule has 4 rings (SSSR count). The Bertz CT molecular complexity index is 1260. The fourth-order valence-corrected chi connectivity index (χ4v) is 4.49. The molecule has 0 bridgehead atoms. The van der Waals surface area contributed by atoms with Crippen molar-refractivity contribution in [3.63, 3.8) is 0 Å². The first-order chi connectivity index (χ1) is 13.3. The fraction of sp³-hybridized carbons (Fsp3) is 0.143. The molecule has 0 spiro atoms. The molecule has 0 unspecified atom stereocenters. The summed E-state index contributed by atoms with van der Waals surface area (Å²) in [6.07, 6.45) is 1.47. The summed E-state index contributed by atoms with van der Waals surface area (Å²) in [7, 11) is -3.39. The van der Waals surface area contributed by atoms with Gasteiger partial charge in [0.1, 0.15) is 11.1 Å². The molecule has 2 aromatic carbocycles. The van der Waals surface area contributed by atoms with Gasteiger partial charge < -0.3 is 9.32 Å². The normalized spacial score (nSPS) is 17.7. The number of rotatable bonds is 3. The van der Waals surface area contributed by atoms with Crippen molar-refractivity contribution >= 4 is 32.4 Å². The molecule has 0 radical (unpaired) electrons. The first-order valence-electron chi connectivity index (χ1n) is 8.68. The summed E-state index contributed by atoms with van der Waals surface area (Å²) in [6.45, 7) is 1.91. The van der Waals surface area contributed by atoms with E-state index in [9.17, 15) is 18.0 Å². The van der Waals surface area contributed by atoms with Crippen LogP contribution in [0.3, 0.4) is 0 Å². The second-order valence-electron chi connectivity index (χ2n) is 6.72. The number of carbonyl (C=O) groups excluding carboxylic acids is 1. The van der Waals surface area contributed by atoms with Crippen molar-refractivity contribution in [1.29, 1.82) is 0 Å². The van der Waals surface area contributed by atoms with Crippen LogP contribution in [0.5, 0.6) is 0 Å². The minimum Gasteiger partial charge on any atom is -0.422 e. The minimum atomic E-state index is -3.39. The monoisotopic (exact) mass is 395 g/mol. The Morgan fingerprint density at radius 2 is 1.82 bits per heavy atom. The van der Waals surface area contributed by atoms with Crippen LogP contribution in [0.2, 0.25) is 0 Å². The smallest absolute Gasteiger partial charge is 0.349 e. The summed E-state index contributed by atoms with van der Waals surface area (Å²) >= 11 is 0. The van der Waals surface area contributed by atoms with Gasteiger partial charge in [0.25, 0.3) is 5.91 Å². The lowest BCUT2D eigenvalue weighted by molar-refractivity contribution is 0.0979. The van der Waals surface area contributed by atoms with E-state index in [-0.39, 0.29) is 11.3 Å². The predicted molar refractivity (Wildman–Crippen MR) is 107 cm³/mol. The Balaban J connectivity index is 1.83. The number of fused-ring (bicyclic) bond motifs is 1. The van der Waals surface area contributed by atoms with Crippen molar-refractivity contribution in [2.45, 2.75) is 13.0 Å². The topological polar surface area (TPSA) is 84.7 Å². The lowest BCUT2D eigenvalue weighted by atomic mass is 10.1. The van der Waals surface area contributed by atoms with E-state index in [0.717, 1.165) is 11.0 Å². The number of aryl methyl sites for hydroxylation is 1. The molecule has 0 aliphatic carbocycles. The van der Waals surface area contributed by atoms with E-state index in [1.165, 1.54) is 17.0 Å². The van der Waals surface area contributed by atoms with Gasteiger partial charge in [-0.1, -0.05) is 35.9 Å². The highest BCUT2D eigenvalue weighted by Crippen LogP contribution is 2.25. The van der Waals surface area contributed by atoms with Crippen LogP contribution in [0, 0.1) is 6.92 Å². The van der Waals surface area contributed by atoms with Crippen LogP contribution < -0.4 is 10.5 Å². The molecule has 28 heavy (non-hydrogen) atoms. The highest BCUT2D eigenvalue weighted by Gasteiger charge is 2.33. The molecule has 1 amide bonds. The molecular weight excluding hydrogens is 378 g/mol. The third kappa shape index (κ3) is 3.36. The standard InChI is InChI=1S/C21H17NO5S/c1-14-6-8-16(9-7-14)22(17-10-11-28(25,26)13-17)20(23)18-12-15-4-2-3-5-19(15)27-21(18)24/h2-12,17H,13H2,1H3/t17-/m1/s1. The third-order valence-corrected chi connectivity index (χ3v) is 6.02.